The number of halogens is 1. The summed E-state index contributed by atoms with van der Waals surface area (Å²) in [6.45, 7) is 5.59. The molecule has 1 heterocycles. The van der Waals surface area contributed by atoms with Crippen molar-refractivity contribution in [1.82, 2.24) is 0 Å². The lowest BCUT2D eigenvalue weighted by atomic mass is 9.67. The third kappa shape index (κ3) is 2.52. The van der Waals surface area contributed by atoms with Crippen molar-refractivity contribution in [3.8, 4) is 0 Å². The van der Waals surface area contributed by atoms with Gasteiger partial charge in [-0.3, -0.25) is 0 Å². The third-order valence-corrected chi connectivity index (χ3v) is 5.82. The van der Waals surface area contributed by atoms with Gasteiger partial charge < -0.3 is 5.73 Å². The summed E-state index contributed by atoms with van der Waals surface area (Å²) >= 11 is 5.54. The van der Waals surface area contributed by atoms with Crippen molar-refractivity contribution in [3.63, 3.8) is 0 Å². The summed E-state index contributed by atoms with van der Waals surface area (Å²) in [7, 11) is 0. The van der Waals surface area contributed by atoms with E-state index in [0.29, 0.717) is 17.3 Å². The van der Waals surface area contributed by atoms with Crippen LogP contribution in [0.15, 0.2) is 15.9 Å². The molecule has 1 fully saturated rings. The molecule has 2 atom stereocenters. The first-order valence-corrected chi connectivity index (χ1v) is 7.64. The summed E-state index contributed by atoms with van der Waals surface area (Å²) in [5.41, 5.74) is 6.40. The van der Waals surface area contributed by atoms with Gasteiger partial charge in [0.05, 0.1) is 0 Å². The van der Waals surface area contributed by atoms with Crippen LogP contribution in [0.1, 0.15) is 43.9 Å². The highest BCUT2D eigenvalue weighted by molar-refractivity contribution is 9.10. The molecule has 1 aliphatic carbocycles. The molecule has 1 saturated carbocycles. The normalized spacial score (nSPS) is 29.2. The van der Waals surface area contributed by atoms with Gasteiger partial charge in [0.25, 0.3) is 0 Å². The predicted molar refractivity (Wildman–Crippen MR) is 74.9 cm³/mol. The Morgan fingerprint density at radius 1 is 1.56 bits per heavy atom. The molecule has 0 amide bonds. The Morgan fingerprint density at radius 3 is 2.88 bits per heavy atom. The average molecular weight is 302 g/mol. The molecule has 2 unspecified atom stereocenters. The Hall–Kier alpha value is 0.140. The van der Waals surface area contributed by atoms with E-state index in [9.17, 15) is 0 Å². The first-order valence-electron chi connectivity index (χ1n) is 5.96. The SMILES string of the molecule is CC1(C)CCC(CN)C(c2sccc2Br)C1. The Labute approximate surface area is 111 Å². The third-order valence-electron chi connectivity index (χ3n) is 3.82. The van der Waals surface area contributed by atoms with E-state index < -0.39 is 0 Å². The fourth-order valence-corrected chi connectivity index (χ4v) is 4.66. The summed E-state index contributed by atoms with van der Waals surface area (Å²) in [5.74, 6) is 1.33. The minimum atomic E-state index is 0.472. The monoisotopic (exact) mass is 301 g/mol. The van der Waals surface area contributed by atoms with Gasteiger partial charge in [0.15, 0.2) is 0 Å². The van der Waals surface area contributed by atoms with Crippen LogP contribution in [0, 0.1) is 11.3 Å². The van der Waals surface area contributed by atoms with Crippen LogP contribution in [-0.2, 0) is 0 Å². The lowest BCUT2D eigenvalue weighted by Crippen LogP contribution is -2.32. The minimum absolute atomic E-state index is 0.472. The fraction of sp³-hybridized carbons (Fsp3) is 0.692. The van der Waals surface area contributed by atoms with Crippen LogP contribution in [0.2, 0.25) is 0 Å². The molecule has 0 spiro atoms. The summed E-state index contributed by atoms with van der Waals surface area (Å²) in [6, 6.07) is 2.16. The molecule has 0 aliphatic heterocycles. The van der Waals surface area contributed by atoms with Crippen molar-refractivity contribution in [1.29, 1.82) is 0 Å². The van der Waals surface area contributed by atoms with Gasteiger partial charge in [-0.1, -0.05) is 13.8 Å². The highest BCUT2D eigenvalue weighted by Crippen LogP contribution is 2.49. The predicted octanol–water partition coefficient (Wildman–Crippen LogP) is 4.38. The molecular formula is C13H20BrNS. The highest BCUT2D eigenvalue weighted by atomic mass is 79.9. The van der Waals surface area contributed by atoms with Gasteiger partial charge in [-0.2, -0.15) is 0 Å². The van der Waals surface area contributed by atoms with Crippen LogP contribution in [0.4, 0.5) is 0 Å². The summed E-state index contributed by atoms with van der Waals surface area (Å²) in [5, 5.41) is 2.18. The van der Waals surface area contributed by atoms with Crippen LogP contribution in [0.3, 0.4) is 0 Å². The Bertz CT molecular complexity index is 359. The van der Waals surface area contributed by atoms with Gasteiger partial charge in [0.1, 0.15) is 0 Å². The Kier molecular flexibility index (Phi) is 3.77. The van der Waals surface area contributed by atoms with E-state index in [0.717, 1.165) is 6.54 Å². The van der Waals surface area contributed by atoms with Gasteiger partial charge in [0.2, 0.25) is 0 Å². The molecule has 1 aromatic rings. The first kappa shape index (κ1) is 12.6. The molecule has 1 nitrogen and oxygen atoms in total. The van der Waals surface area contributed by atoms with E-state index in [1.165, 1.54) is 28.6 Å². The lowest BCUT2D eigenvalue weighted by molar-refractivity contribution is 0.167. The Morgan fingerprint density at radius 2 is 2.31 bits per heavy atom. The second-order valence-corrected chi connectivity index (χ2v) is 7.44. The smallest absolute Gasteiger partial charge is 0.0317 e. The quantitative estimate of drug-likeness (QED) is 0.862. The van der Waals surface area contributed by atoms with E-state index in [1.54, 1.807) is 0 Å². The molecule has 0 bridgehead atoms. The summed E-state index contributed by atoms with van der Waals surface area (Å²) in [4.78, 5) is 1.50. The molecule has 90 valence electrons. The van der Waals surface area contributed by atoms with Gasteiger partial charge in [-0.05, 0) is 70.4 Å². The second kappa shape index (κ2) is 4.79. The molecule has 0 saturated heterocycles. The van der Waals surface area contributed by atoms with Gasteiger partial charge in [-0.25, -0.2) is 0 Å². The zero-order valence-corrected chi connectivity index (χ0v) is 12.4. The molecule has 1 aromatic heterocycles. The van der Waals surface area contributed by atoms with E-state index in [2.05, 4.69) is 41.2 Å². The molecule has 1 aliphatic rings. The number of nitrogens with two attached hydrogens (primary N) is 1. The molecule has 0 radical (unpaired) electrons. The minimum Gasteiger partial charge on any atom is -0.330 e. The number of hydrogen-bond acceptors (Lipinski definition) is 2. The number of hydrogen-bond donors (Lipinski definition) is 1. The highest BCUT2D eigenvalue weighted by Gasteiger charge is 2.36. The first-order chi connectivity index (χ1) is 7.53. The van der Waals surface area contributed by atoms with Crippen molar-refractivity contribution in [3.05, 3.63) is 20.8 Å². The molecule has 3 heteroatoms. The largest absolute Gasteiger partial charge is 0.330 e. The molecule has 2 rings (SSSR count). The van der Waals surface area contributed by atoms with E-state index in [-0.39, 0.29) is 0 Å². The topological polar surface area (TPSA) is 26.0 Å². The average Bonchev–Trinajstić information content (AvgIpc) is 2.63. The van der Waals surface area contributed by atoms with Crippen LogP contribution in [-0.4, -0.2) is 6.54 Å². The van der Waals surface area contributed by atoms with Crippen molar-refractivity contribution in [2.45, 2.75) is 39.0 Å². The zero-order valence-electron chi connectivity index (χ0n) is 10.0. The van der Waals surface area contributed by atoms with E-state index in [4.69, 9.17) is 5.73 Å². The summed E-state index contributed by atoms with van der Waals surface area (Å²) < 4.78 is 1.28. The second-order valence-electron chi connectivity index (χ2n) is 5.64. The van der Waals surface area contributed by atoms with Crippen LogP contribution >= 0.6 is 27.3 Å². The van der Waals surface area contributed by atoms with Gasteiger partial charge in [-0.15, -0.1) is 11.3 Å². The van der Waals surface area contributed by atoms with Crippen molar-refractivity contribution in [2.75, 3.05) is 6.54 Å². The Balaban J connectivity index is 2.25. The maximum Gasteiger partial charge on any atom is 0.0317 e. The maximum atomic E-state index is 5.93. The van der Waals surface area contributed by atoms with Gasteiger partial charge >= 0.3 is 0 Å². The summed E-state index contributed by atoms with van der Waals surface area (Å²) in [6.07, 6.45) is 3.86. The number of rotatable bonds is 2. The molecule has 16 heavy (non-hydrogen) atoms. The van der Waals surface area contributed by atoms with Crippen LogP contribution in [0.5, 0.6) is 0 Å². The molecular weight excluding hydrogens is 282 g/mol. The van der Waals surface area contributed by atoms with Crippen molar-refractivity contribution >= 4 is 27.3 Å². The molecule has 2 N–H and O–H groups in total. The zero-order chi connectivity index (χ0) is 11.8. The van der Waals surface area contributed by atoms with Gasteiger partial charge in [0, 0.05) is 9.35 Å². The molecule has 0 aromatic carbocycles. The standard InChI is InChI=1S/C13H20BrNS/c1-13(2)5-3-9(8-15)10(7-13)12-11(14)4-6-16-12/h4,6,9-10H,3,5,7-8,15H2,1-2H3. The van der Waals surface area contributed by atoms with E-state index in [1.807, 2.05) is 11.3 Å². The van der Waals surface area contributed by atoms with Crippen LogP contribution < -0.4 is 5.73 Å². The van der Waals surface area contributed by atoms with E-state index >= 15 is 0 Å². The van der Waals surface area contributed by atoms with Crippen LogP contribution in [0.25, 0.3) is 0 Å². The fourth-order valence-electron chi connectivity index (χ4n) is 2.80. The van der Waals surface area contributed by atoms with Crippen molar-refractivity contribution in [2.24, 2.45) is 17.1 Å². The van der Waals surface area contributed by atoms with Crippen molar-refractivity contribution < 1.29 is 0 Å². The number of thiophene rings is 1. The maximum absolute atomic E-state index is 5.93. The lowest BCUT2D eigenvalue weighted by Gasteiger charge is -2.40.